The Kier molecular flexibility index (Phi) is 8.34. The maximum absolute atomic E-state index is 12.5. The molecule has 0 fully saturated rings. The smallest absolute Gasteiger partial charge is 0.271 e. The molecule has 5 nitrogen and oxygen atoms in total. The van der Waals surface area contributed by atoms with Gasteiger partial charge in [-0.3, -0.25) is 9.59 Å². The third-order valence-corrected chi connectivity index (χ3v) is 4.96. The molecule has 2 amide bonds. The molecule has 0 unspecified atom stereocenters. The number of unbranched alkanes of at least 4 members (excludes halogenated alkanes) is 1. The molecule has 0 atom stereocenters. The summed E-state index contributed by atoms with van der Waals surface area (Å²) < 4.78 is 0. The van der Waals surface area contributed by atoms with Crippen molar-refractivity contribution in [2.45, 2.75) is 65.7 Å². The van der Waals surface area contributed by atoms with E-state index in [-0.39, 0.29) is 17.2 Å². The average molecular weight is 408 g/mol. The van der Waals surface area contributed by atoms with Gasteiger partial charge in [0.15, 0.2) is 0 Å². The number of nitrogens with zero attached hydrogens (tertiary/aromatic N) is 1. The van der Waals surface area contributed by atoms with Crippen LogP contribution in [0.3, 0.4) is 0 Å². The third-order valence-electron chi connectivity index (χ3n) is 4.96. The molecule has 2 aromatic rings. The Morgan fingerprint density at radius 1 is 0.867 bits per heavy atom. The van der Waals surface area contributed by atoms with Crippen LogP contribution in [-0.2, 0) is 5.41 Å². The van der Waals surface area contributed by atoms with Gasteiger partial charge in [-0.1, -0.05) is 53.2 Å². The lowest BCUT2D eigenvalue weighted by Crippen LogP contribution is -2.19. The van der Waals surface area contributed by atoms with Crippen molar-refractivity contribution >= 4 is 23.2 Å². The predicted molar refractivity (Wildman–Crippen MR) is 124 cm³/mol. The summed E-state index contributed by atoms with van der Waals surface area (Å²) in [5.74, 6) is -0.436. The van der Waals surface area contributed by atoms with E-state index in [4.69, 9.17) is 0 Å². The van der Waals surface area contributed by atoms with Gasteiger partial charge in [-0.05, 0) is 66.6 Å². The van der Waals surface area contributed by atoms with E-state index < -0.39 is 0 Å². The minimum Gasteiger partial charge on any atom is -0.322 e. The molecule has 2 rings (SSSR count). The highest BCUT2D eigenvalue weighted by Crippen LogP contribution is 2.22. The highest BCUT2D eigenvalue weighted by atomic mass is 16.2. The van der Waals surface area contributed by atoms with E-state index in [2.05, 4.69) is 43.5 Å². The van der Waals surface area contributed by atoms with Gasteiger partial charge in [0.25, 0.3) is 11.8 Å². The largest absolute Gasteiger partial charge is 0.322 e. The van der Waals surface area contributed by atoms with E-state index >= 15 is 0 Å². The second-order valence-corrected chi connectivity index (χ2v) is 8.43. The number of hydrogen-bond acceptors (Lipinski definition) is 3. The Bertz CT molecular complexity index is 876. The zero-order chi connectivity index (χ0) is 22.1. The van der Waals surface area contributed by atoms with Gasteiger partial charge in [-0.25, -0.2) is 5.43 Å². The molecule has 30 heavy (non-hydrogen) atoms. The van der Waals surface area contributed by atoms with Crippen molar-refractivity contribution in [3.8, 4) is 0 Å². The van der Waals surface area contributed by atoms with E-state index in [1.54, 1.807) is 24.3 Å². The van der Waals surface area contributed by atoms with E-state index in [0.29, 0.717) is 16.8 Å². The summed E-state index contributed by atoms with van der Waals surface area (Å²) in [5.41, 5.74) is 6.57. The summed E-state index contributed by atoms with van der Waals surface area (Å²) in [6, 6.07) is 14.4. The van der Waals surface area contributed by atoms with Gasteiger partial charge in [0.1, 0.15) is 0 Å². The molecule has 0 aliphatic carbocycles. The molecule has 0 radical (unpaired) electrons. The minimum atomic E-state index is -0.256. The number of amides is 2. The van der Waals surface area contributed by atoms with Crippen molar-refractivity contribution in [1.82, 2.24) is 5.43 Å². The molecular formula is C25H33N3O2. The van der Waals surface area contributed by atoms with Gasteiger partial charge in [0, 0.05) is 22.5 Å². The number of carbonyl (C=O) groups is 2. The molecule has 0 aliphatic rings. The zero-order valence-corrected chi connectivity index (χ0v) is 18.7. The van der Waals surface area contributed by atoms with Crippen LogP contribution in [0.15, 0.2) is 53.6 Å². The van der Waals surface area contributed by atoms with Gasteiger partial charge in [-0.15, -0.1) is 0 Å². The van der Waals surface area contributed by atoms with Crippen LogP contribution in [0.2, 0.25) is 0 Å². The molecule has 0 saturated carbocycles. The van der Waals surface area contributed by atoms with Crippen molar-refractivity contribution in [3.63, 3.8) is 0 Å². The van der Waals surface area contributed by atoms with Crippen LogP contribution in [0.25, 0.3) is 0 Å². The molecule has 0 aromatic heterocycles. The molecular weight excluding hydrogens is 374 g/mol. The normalized spacial score (nSPS) is 11.8. The third kappa shape index (κ3) is 6.83. The van der Waals surface area contributed by atoms with Crippen LogP contribution in [-0.4, -0.2) is 17.5 Å². The Hall–Kier alpha value is -2.95. The summed E-state index contributed by atoms with van der Waals surface area (Å²) in [4.78, 5) is 24.8. The van der Waals surface area contributed by atoms with Crippen LogP contribution in [0.4, 0.5) is 5.69 Å². The fourth-order valence-electron chi connectivity index (χ4n) is 2.92. The van der Waals surface area contributed by atoms with Crippen molar-refractivity contribution in [3.05, 3.63) is 65.2 Å². The number of hydrazone groups is 1. The molecule has 0 spiro atoms. The highest BCUT2D eigenvalue weighted by Gasteiger charge is 2.14. The first-order valence-corrected chi connectivity index (χ1v) is 10.6. The van der Waals surface area contributed by atoms with Gasteiger partial charge < -0.3 is 5.32 Å². The van der Waals surface area contributed by atoms with E-state index in [1.807, 2.05) is 31.2 Å². The number of anilines is 1. The predicted octanol–water partition coefficient (Wildman–Crippen LogP) is 5.92. The Labute approximate surface area is 180 Å². The quantitative estimate of drug-likeness (QED) is 0.421. The molecule has 2 N–H and O–H groups in total. The highest BCUT2D eigenvalue weighted by molar-refractivity contribution is 6.04. The van der Waals surface area contributed by atoms with Crippen molar-refractivity contribution < 1.29 is 9.59 Å². The summed E-state index contributed by atoms with van der Waals surface area (Å²) in [5, 5.41) is 7.11. The number of carbonyl (C=O) groups excluding carboxylic acids is 2. The first-order chi connectivity index (χ1) is 14.2. The minimum absolute atomic E-state index is 0.0450. The van der Waals surface area contributed by atoms with Gasteiger partial charge >= 0.3 is 0 Å². The molecule has 0 aliphatic heterocycles. The van der Waals surface area contributed by atoms with E-state index in [0.717, 1.165) is 31.4 Å². The zero-order valence-electron chi connectivity index (χ0n) is 18.7. The molecule has 0 heterocycles. The van der Waals surface area contributed by atoms with Crippen molar-refractivity contribution in [2.24, 2.45) is 5.10 Å². The summed E-state index contributed by atoms with van der Waals surface area (Å²) >= 11 is 0. The first kappa shape index (κ1) is 23.3. The lowest BCUT2D eigenvalue weighted by atomic mass is 9.87. The molecule has 0 saturated heterocycles. The lowest BCUT2D eigenvalue weighted by Gasteiger charge is -2.19. The molecule has 2 aromatic carbocycles. The Balaban J connectivity index is 1.97. The molecule has 0 bridgehead atoms. The topological polar surface area (TPSA) is 70.6 Å². The van der Waals surface area contributed by atoms with E-state index in [1.165, 1.54) is 5.56 Å². The number of hydrogen-bond donors (Lipinski definition) is 2. The lowest BCUT2D eigenvalue weighted by molar-refractivity contribution is 0.0954. The number of rotatable bonds is 8. The van der Waals surface area contributed by atoms with Crippen LogP contribution in [0.5, 0.6) is 0 Å². The average Bonchev–Trinajstić information content (AvgIpc) is 2.73. The van der Waals surface area contributed by atoms with Gasteiger partial charge in [0.2, 0.25) is 0 Å². The standard InChI is InChI=1S/C25H33N3O2/c1-6-8-9-21(7-2)27-28-24(30)19-12-16-22(17-13-19)26-23(29)18-10-14-20(15-11-18)25(3,4)5/h10-17H,6-9H2,1-5H3,(H,26,29)(H,28,30)/b27-21+. The van der Waals surface area contributed by atoms with Gasteiger partial charge in [0.05, 0.1) is 0 Å². The maximum Gasteiger partial charge on any atom is 0.271 e. The van der Waals surface area contributed by atoms with Crippen LogP contribution >= 0.6 is 0 Å². The summed E-state index contributed by atoms with van der Waals surface area (Å²) in [6.07, 6.45) is 3.88. The van der Waals surface area contributed by atoms with Crippen molar-refractivity contribution in [1.29, 1.82) is 0 Å². The van der Waals surface area contributed by atoms with Crippen molar-refractivity contribution in [2.75, 3.05) is 5.32 Å². The Morgan fingerprint density at radius 3 is 1.97 bits per heavy atom. The van der Waals surface area contributed by atoms with Crippen LogP contribution < -0.4 is 10.7 Å². The summed E-state index contributed by atoms with van der Waals surface area (Å²) in [6.45, 7) is 10.6. The SMILES string of the molecule is CCCC/C(CC)=N/NC(=O)c1ccc(NC(=O)c2ccc(C(C)(C)C)cc2)cc1. The second kappa shape index (κ2) is 10.7. The Morgan fingerprint density at radius 2 is 1.43 bits per heavy atom. The first-order valence-electron chi connectivity index (χ1n) is 10.6. The number of nitrogens with one attached hydrogen (secondary N) is 2. The maximum atomic E-state index is 12.5. The van der Waals surface area contributed by atoms with Crippen LogP contribution in [0.1, 0.15) is 86.6 Å². The summed E-state index contributed by atoms with van der Waals surface area (Å²) in [7, 11) is 0. The fraction of sp³-hybridized carbons (Fsp3) is 0.400. The molecule has 160 valence electrons. The number of benzene rings is 2. The molecule has 5 heteroatoms. The van der Waals surface area contributed by atoms with Crippen LogP contribution in [0, 0.1) is 0 Å². The fourth-order valence-corrected chi connectivity index (χ4v) is 2.92. The monoisotopic (exact) mass is 407 g/mol. The van der Waals surface area contributed by atoms with E-state index in [9.17, 15) is 9.59 Å². The van der Waals surface area contributed by atoms with Gasteiger partial charge in [-0.2, -0.15) is 5.10 Å². The second-order valence-electron chi connectivity index (χ2n) is 8.43.